The van der Waals surface area contributed by atoms with Crippen molar-refractivity contribution in [2.24, 2.45) is 0 Å². The van der Waals surface area contributed by atoms with Crippen molar-refractivity contribution in [1.29, 1.82) is 0 Å². The Morgan fingerprint density at radius 2 is 1.73 bits per heavy atom. The third kappa shape index (κ3) is 4.80. The Balaban J connectivity index is 2.30. The lowest BCUT2D eigenvalue weighted by atomic mass is 10.1. The Bertz CT molecular complexity index is 867. The molecule has 2 rings (SSSR count). The maximum atomic E-state index is 13.4. The van der Waals surface area contributed by atoms with Crippen LogP contribution < -0.4 is 4.72 Å². The molecule has 2 aromatic carbocycles. The van der Waals surface area contributed by atoms with Gasteiger partial charge in [0.1, 0.15) is 5.82 Å². The highest BCUT2D eigenvalue weighted by Crippen LogP contribution is 2.34. The first-order chi connectivity index (χ1) is 12.0. The van der Waals surface area contributed by atoms with Crippen LogP contribution >= 0.6 is 0 Å². The summed E-state index contributed by atoms with van der Waals surface area (Å²) in [6.45, 7) is -0.217. The first-order valence-electron chi connectivity index (χ1n) is 7.60. The van der Waals surface area contributed by atoms with Gasteiger partial charge in [0.05, 0.1) is 10.5 Å². The molecule has 0 heterocycles. The lowest BCUT2D eigenvalue weighted by Crippen LogP contribution is -2.35. The molecule has 0 aromatic heterocycles. The Morgan fingerprint density at radius 1 is 1.08 bits per heavy atom. The van der Waals surface area contributed by atoms with Gasteiger partial charge < -0.3 is 4.90 Å². The van der Waals surface area contributed by atoms with E-state index in [1.807, 2.05) is 0 Å². The van der Waals surface area contributed by atoms with E-state index in [-0.39, 0.29) is 6.54 Å². The molecule has 0 fully saturated rings. The van der Waals surface area contributed by atoms with Gasteiger partial charge in [0.25, 0.3) is 0 Å². The molecule has 0 spiro atoms. The quantitative estimate of drug-likeness (QED) is 0.769. The summed E-state index contributed by atoms with van der Waals surface area (Å²) in [4.78, 5) is 0.803. The highest BCUT2D eigenvalue weighted by molar-refractivity contribution is 7.89. The maximum absolute atomic E-state index is 13.4. The largest absolute Gasteiger partial charge is 0.417 e. The van der Waals surface area contributed by atoms with Crippen LogP contribution in [0.2, 0.25) is 0 Å². The molecule has 2 aromatic rings. The average Bonchev–Trinajstić information content (AvgIpc) is 2.54. The van der Waals surface area contributed by atoms with Crippen LogP contribution in [-0.4, -0.2) is 34.0 Å². The van der Waals surface area contributed by atoms with Gasteiger partial charge in [0, 0.05) is 12.6 Å². The standard InChI is InChI=1S/C17H18F4N2O2S/c1-23(2)15(12-6-5-7-13(18)10-12)11-22-26(24,25)16-9-4-3-8-14(16)17(19,20)21/h3-10,15,22H,11H2,1-2H3. The molecule has 0 radical (unpaired) electrons. The van der Waals surface area contributed by atoms with Crippen LogP contribution in [0.25, 0.3) is 0 Å². The second-order valence-electron chi connectivity index (χ2n) is 5.88. The Kier molecular flexibility index (Phi) is 6.05. The van der Waals surface area contributed by atoms with E-state index in [1.165, 1.54) is 24.3 Å². The summed E-state index contributed by atoms with van der Waals surface area (Å²) in [5.74, 6) is -0.486. The van der Waals surface area contributed by atoms with Crippen molar-refractivity contribution in [1.82, 2.24) is 9.62 Å². The van der Waals surface area contributed by atoms with Crippen LogP contribution in [0.5, 0.6) is 0 Å². The third-order valence-electron chi connectivity index (χ3n) is 3.81. The van der Waals surface area contributed by atoms with E-state index < -0.39 is 38.5 Å². The number of rotatable bonds is 6. The van der Waals surface area contributed by atoms with Crippen LogP contribution in [0.15, 0.2) is 53.4 Å². The number of alkyl halides is 3. The van der Waals surface area contributed by atoms with Gasteiger partial charge in [-0.3, -0.25) is 0 Å². The molecular formula is C17H18F4N2O2S. The summed E-state index contributed by atoms with van der Waals surface area (Å²) in [5.41, 5.74) is -0.735. The van der Waals surface area contributed by atoms with Crippen LogP contribution in [0.1, 0.15) is 17.2 Å². The second kappa shape index (κ2) is 7.73. The van der Waals surface area contributed by atoms with E-state index in [2.05, 4.69) is 4.72 Å². The Morgan fingerprint density at radius 3 is 2.31 bits per heavy atom. The molecule has 9 heteroatoms. The molecular weight excluding hydrogens is 372 g/mol. The zero-order valence-electron chi connectivity index (χ0n) is 14.1. The fourth-order valence-electron chi connectivity index (χ4n) is 2.51. The van der Waals surface area contributed by atoms with E-state index in [0.29, 0.717) is 11.6 Å². The molecule has 0 saturated carbocycles. The fraction of sp³-hybridized carbons (Fsp3) is 0.294. The van der Waals surface area contributed by atoms with Crippen molar-refractivity contribution in [3.8, 4) is 0 Å². The first kappa shape index (κ1) is 20.3. The van der Waals surface area contributed by atoms with Crippen LogP contribution in [-0.2, 0) is 16.2 Å². The van der Waals surface area contributed by atoms with E-state index in [1.54, 1.807) is 25.1 Å². The summed E-state index contributed by atoms with van der Waals surface area (Å²) in [6.07, 6.45) is -4.80. The van der Waals surface area contributed by atoms with Crippen molar-refractivity contribution in [2.45, 2.75) is 17.1 Å². The van der Waals surface area contributed by atoms with Crippen molar-refractivity contribution >= 4 is 10.0 Å². The minimum Gasteiger partial charge on any atom is -0.301 e. The van der Waals surface area contributed by atoms with E-state index in [4.69, 9.17) is 0 Å². The Hall–Kier alpha value is -1.97. The summed E-state index contributed by atoms with van der Waals surface area (Å²) < 4.78 is 79.7. The Labute approximate surface area is 149 Å². The lowest BCUT2D eigenvalue weighted by Gasteiger charge is -2.25. The number of benzene rings is 2. The van der Waals surface area contributed by atoms with Gasteiger partial charge in [-0.15, -0.1) is 0 Å². The summed E-state index contributed by atoms with van der Waals surface area (Å²) in [6, 6.07) is 9.00. The summed E-state index contributed by atoms with van der Waals surface area (Å²) in [7, 11) is -1.09. The molecule has 0 aliphatic heterocycles. The number of likely N-dealkylation sites (N-methyl/N-ethyl adjacent to an activating group) is 1. The van der Waals surface area contributed by atoms with Gasteiger partial charge in [-0.25, -0.2) is 17.5 Å². The molecule has 1 unspecified atom stereocenters. The number of hydrogen-bond acceptors (Lipinski definition) is 3. The predicted octanol–water partition coefficient (Wildman–Crippen LogP) is 3.43. The minimum absolute atomic E-state index is 0.217. The zero-order valence-corrected chi connectivity index (χ0v) is 14.9. The molecule has 4 nitrogen and oxygen atoms in total. The van der Waals surface area contributed by atoms with Crippen molar-refractivity contribution in [3.63, 3.8) is 0 Å². The molecule has 1 atom stereocenters. The van der Waals surface area contributed by atoms with Gasteiger partial charge in [-0.05, 0) is 43.9 Å². The van der Waals surface area contributed by atoms with Crippen LogP contribution in [0, 0.1) is 5.82 Å². The molecule has 142 valence electrons. The second-order valence-corrected chi connectivity index (χ2v) is 7.62. The van der Waals surface area contributed by atoms with Gasteiger partial charge >= 0.3 is 6.18 Å². The monoisotopic (exact) mass is 390 g/mol. The molecule has 1 N–H and O–H groups in total. The first-order valence-corrected chi connectivity index (χ1v) is 9.08. The normalized spacial score (nSPS) is 13.8. The summed E-state index contributed by atoms with van der Waals surface area (Å²) >= 11 is 0. The lowest BCUT2D eigenvalue weighted by molar-refractivity contribution is -0.139. The number of halogens is 4. The minimum atomic E-state index is -4.80. The van der Waals surface area contributed by atoms with E-state index in [0.717, 1.165) is 12.1 Å². The maximum Gasteiger partial charge on any atom is 0.417 e. The molecule has 0 saturated heterocycles. The van der Waals surface area contributed by atoms with Gasteiger partial charge in [-0.1, -0.05) is 24.3 Å². The van der Waals surface area contributed by atoms with E-state index >= 15 is 0 Å². The number of sulfonamides is 1. The number of hydrogen-bond donors (Lipinski definition) is 1. The third-order valence-corrected chi connectivity index (χ3v) is 5.29. The van der Waals surface area contributed by atoms with Gasteiger partial charge in [0.2, 0.25) is 10.0 Å². The van der Waals surface area contributed by atoms with Crippen LogP contribution in [0.4, 0.5) is 17.6 Å². The molecule has 0 bridgehead atoms. The van der Waals surface area contributed by atoms with Crippen molar-refractivity contribution < 1.29 is 26.0 Å². The smallest absolute Gasteiger partial charge is 0.301 e. The molecule has 0 amide bonds. The van der Waals surface area contributed by atoms with Crippen LogP contribution in [0.3, 0.4) is 0 Å². The molecule has 0 aliphatic rings. The molecule has 0 aliphatic carbocycles. The number of nitrogens with one attached hydrogen (secondary N) is 1. The number of nitrogens with zero attached hydrogens (tertiary/aromatic N) is 1. The van der Waals surface area contributed by atoms with Crippen molar-refractivity contribution in [3.05, 3.63) is 65.5 Å². The highest BCUT2D eigenvalue weighted by atomic mass is 32.2. The van der Waals surface area contributed by atoms with Gasteiger partial charge in [0.15, 0.2) is 0 Å². The molecule has 26 heavy (non-hydrogen) atoms. The average molecular weight is 390 g/mol. The summed E-state index contributed by atoms with van der Waals surface area (Å²) in [5, 5.41) is 0. The SMILES string of the molecule is CN(C)C(CNS(=O)(=O)c1ccccc1C(F)(F)F)c1cccc(F)c1. The topological polar surface area (TPSA) is 49.4 Å². The fourth-order valence-corrected chi connectivity index (χ4v) is 3.78. The zero-order chi connectivity index (χ0) is 19.5. The van der Waals surface area contributed by atoms with E-state index in [9.17, 15) is 26.0 Å². The highest BCUT2D eigenvalue weighted by Gasteiger charge is 2.37. The van der Waals surface area contributed by atoms with Gasteiger partial charge in [-0.2, -0.15) is 13.2 Å². The predicted molar refractivity (Wildman–Crippen MR) is 89.5 cm³/mol. The van der Waals surface area contributed by atoms with Crippen molar-refractivity contribution in [2.75, 3.05) is 20.6 Å².